The summed E-state index contributed by atoms with van der Waals surface area (Å²) in [5.74, 6) is 0.00325. The van der Waals surface area contributed by atoms with Gasteiger partial charge in [0.15, 0.2) is 0 Å². The Morgan fingerprint density at radius 2 is 1.96 bits per heavy atom. The van der Waals surface area contributed by atoms with Crippen molar-refractivity contribution in [1.82, 2.24) is 9.88 Å². The van der Waals surface area contributed by atoms with Crippen LogP contribution in [0.4, 0.5) is 0 Å². The zero-order chi connectivity index (χ0) is 17.2. The van der Waals surface area contributed by atoms with Crippen LogP contribution in [-0.4, -0.2) is 34.5 Å². The first-order chi connectivity index (χ1) is 11.4. The van der Waals surface area contributed by atoms with Crippen molar-refractivity contribution >= 4 is 16.7 Å². The van der Waals surface area contributed by atoms with E-state index in [4.69, 9.17) is 4.74 Å². The molecule has 1 aromatic carbocycles. The third-order valence-electron chi connectivity index (χ3n) is 4.44. The van der Waals surface area contributed by atoms with E-state index in [9.17, 15) is 4.79 Å². The van der Waals surface area contributed by atoms with E-state index in [1.807, 2.05) is 39.2 Å². The molecule has 1 aliphatic rings. The van der Waals surface area contributed by atoms with Crippen molar-refractivity contribution in [3.8, 4) is 0 Å². The number of pyridine rings is 1. The van der Waals surface area contributed by atoms with Crippen LogP contribution in [0.25, 0.3) is 10.8 Å². The summed E-state index contributed by atoms with van der Waals surface area (Å²) in [4.78, 5) is 18.8. The lowest BCUT2D eigenvalue weighted by atomic mass is 9.96. The third-order valence-corrected chi connectivity index (χ3v) is 4.44. The number of ether oxygens (including phenoxy) is 1. The van der Waals surface area contributed by atoms with Crippen LogP contribution >= 0.6 is 0 Å². The Labute approximate surface area is 143 Å². The highest BCUT2D eigenvalue weighted by Crippen LogP contribution is 2.23. The van der Waals surface area contributed by atoms with E-state index >= 15 is 0 Å². The SMILES string of the molecule is CC(C)(C)OC(=O)C1CCN(Cc2ccc3cnccc3c2)CC1. The van der Waals surface area contributed by atoms with Crippen molar-refractivity contribution in [1.29, 1.82) is 0 Å². The Hall–Kier alpha value is -1.94. The molecule has 3 rings (SSSR count). The topological polar surface area (TPSA) is 42.4 Å². The molecule has 4 nitrogen and oxygen atoms in total. The summed E-state index contributed by atoms with van der Waals surface area (Å²) in [6.07, 6.45) is 5.49. The maximum atomic E-state index is 12.2. The van der Waals surface area contributed by atoms with Crippen molar-refractivity contribution in [3.63, 3.8) is 0 Å². The molecule has 0 spiro atoms. The van der Waals surface area contributed by atoms with Gasteiger partial charge in [0.05, 0.1) is 5.92 Å². The number of carbonyl (C=O) groups excluding carboxylic acids is 1. The third kappa shape index (κ3) is 4.32. The lowest BCUT2D eigenvalue weighted by Gasteiger charge is -2.32. The van der Waals surface area contributed by atoms with Gasteiger partial charge in [-0.25, -0.2) is 0 Å². The van der Waals surface area contributed by atoms with Crippen molar-refractivity contribution in [2.24, 2.45) is 5.92 Å². The number of esters is 1. The van der Waals surface area contributed by atoms with Gasteiger partial charge in [0.1, 0.15) is 5.60 Å². The van der Waals surface area contributed by atoms with E-state index in [1.165, 1.54) is 16.3 Å². The van der Waals surface area contributed by atoms with Gasteiger partial charge < -0.3 is 4.74 Å². The first kappa shape index (κ1) is 16.9. The summed E-state index contributed by atoms with van der Waals surface area (Å²) in [7, 11) is 0. The summed E-state index contributed by atoms with van der Waals surface area (Å²) in [5, 5.41) is 2.40. The Balaban J connectivity index is 1.55. The van der Waals surface area contributed by atoms with Crippen molar-refractivity contribution < 1.29 is 9.53 Å². The Morgan fingerprint density at radius 1 is 1.21 bits per heavy atom. The molecular weight excluding hydrogens is 300 g/mol. The molecule has 0 saturated carbocycles. The zero-order valence-corrected chi connectivity index (χ0v) is 14.8. The maximum Gasteiger partial charge on any atom is 0.309 e. The first-order valence-electron chi connectivity index (χ1n) is 8.68. The highest BCUT2D eigenvalue weighted by atomic mass is 16.6. The Bertz CT molecular complexity index is 713. The average Bonchev–Trinajstić information content (AvgIpc) is 2.54. The molecule has 1 saturated heterocycles. The standard InChI is InChI=1S/C20H26N2O2/c1-20(2,3)24-19(23)16-7-10-22(11-8-16)14-15-4-5-18-13-21-9-6-17(18)12-15/h4-6,9,12-13,16H,7-8,10-11,14H2,1-3H3. The molecule has 0 atom stereocenters. The average molecular weight is 326 g/mol. The Morgan fingerprint density at radius 3 is 2.67 bits per heavy atom. The van der Waals surface area contributed by atoms with Crippen LogP contribution in [0.3, 0.4) is 0 Å². The predicted molar refractivity (Wildman–Crippen MR) is 95.6 cm³/mol. The lowest BCUT2D eigenvalue weighted by molar-refractivity contribution is -0.161. The lowest BCUT2D eigenvalue weighted by Crippen LogP contribution is -2.38. The summed E-state index contributed by atoms with van der Waals surface area (Å²) in [5.41, 5.74) is 0.915. The van der Waals surface area contributed by atoms with E-state index in [0.717, 1.165) is 32.5 Å². The van der Waals surface area contributed by atoms with Crippen LogP contribution < -0.4 is 0 Å². The molecule has 0 unspecified atom stereocenters. The molecule has 0 amide bonds. The molecule has 0 N–H and O–H groups in total. The minimum absolute atomic E-state index is 0.0413. The van der Waals surface area contributed by atoms with Gasteiger partial charge in [0.25, 0.3) is 0 Å². The van der Waals surface area contributed by atoms with Crippen molar-refractivity contribution in [2.75, 3.05) is 13.1 Å². The number of likely N-dealkylation sites (tertiary alicyclic amines) is 1. The second kappa shape index (κ2) is 6.89. The number of hydrogen-bond donors (Lipinski definition) is 0. The van der Waals surface area contributed by atoms with E-state index in [1.54, 1.807) is 0 Å². The van der Waals surface area contributed by atoms with Crippen LogP contribution in [0.1, 0.15) is 39.2 Å². The predicted octanol–water partition coefficient (Wildman–Crippen LogP) is 3.79. The zero-order valence-electron chi connectivity index (χ0n) is 14.8. The number of benzene rings is 1. The highest BCUT2D eigenvalue weighted by Gasteiger charge is 2.28. The summed E-state index contributed by atoms with van der Waals surface area (Å²) >= 11 is 0. The minimum atomic E-state index is -0.395. The minimum Gasteiger partial charge on any atom is -0.460 e. The van der Waals surface area contributed by atoms with Crippen LogP contribution in [0.15, 0.2) is 36.7 Å². The molecule has 4 heteroatoms. The first-order valence-corrected chi connectivity index (χ1v) is 8.68. The van der Waals surface area contributed by atoms with Crippen molar-refractivity contribution in [2.45, 2.75) is 45.8 Å². The molecule has 0 bridgehead atoms. The van der Waals surface area contributed by atoms with Gasteiger partial charge in [-0.15, -0.1) is 0 Å². The second-order valence-electron chi connectivity index (χ2n) is 7.64. The molecule has 0 aliphatic carbocycles. The molecular formula is C20H26N2O2. The fourth-order valence-corrected chi connectivity index (χ4v) is 3.20. The van der Waals surface area contributed by atoms with E-state index in [0.29, 0.717) is 0 Å². The number of fused-ring (bicyclic) bond motifs is 1. The van der Waals surface area contributed by atoms with Gasteiger partial charge >= 0.3 is 5.97 Å². The van der Waals surface area contributed by atoms with Crippen LogP contribution in [0, 0.1) is 5.92 Å². The largest absolute Gasteiger partial charge is 0.460 e. The van der Waals surface area contributed by atoms with E-state index < -0.39 is 5.60 Å². The van der Waals surface area contributed by atoms with Crippen molar-refractivity contribution in [3.05, 3.63) is 42.2 Å². The molecule has 2 heterocycles. The van der Waals surface area contributed by atoms with E-state index in [2.05, 4.69) is 28.1 Å². The number of carbonyl (C=O) groups is 1. The van der Waals surface area contributed by atoms with Gasteiger partial charge in [-0.1, -0.05) is 12.1 Å². The number of rotatable bonds is 3. The molecule has 0 radical (unpaired) electrons. The normalized spacial score (nSPS) is 17.1. The van der Waals surface area contributed by atoms with Gasteiger partial charge in [0.2, 0.25) is 0 Å². The van der Waals surface area contributed by atoms with Crippen LogP contribution in [-0.2, 0) is 16.1 Å². The fourth-order valence-electron chi connectivity index (χ4n) is 3.20. The van der Waals surface area contributed by atoms with Gasteiger partial charge in [0, 0.05) is 24.3 Å². The molecule has 24 heavy (non-hydrogen) atoms. The number of piperidine rings is 1. The van der Waals surface area contributed by atoms with Crippen LogP contribution in [0.5, 0.6) is 0 Å². The highest BCUT2D eigenvalue weighted by molar-refractivity contribution is 5.82. The maximum absolute atomic E-state index is 12.2. The number of hydrogen-bond acceptors (Lipinski definition) is 4. The number of nitrogens with zero attached hydrogens (tertiary/aromatic N) is 2. The molecule has 128 valence electrons. The fraction of sp³-hybridized carbons (Fsp3) is 0.500. The molecule has 1 aromatic heterocycles. The summed E-state index contributed by atoms with van der Waals surface area (Å²) in [6, 6.07) is 8.58. The van der Waals surface area contributed by atoms with Gasteiger partial charge in [-0.2, -0.15) is 0 Å². The monoisotopic (exact) mass is 326 g/mol. The summed E-state index contributed by atoms with van der Waals surface area (Å²) < 4.78 is 5.52. The molecule has 2 aromatic rings. The smallest absolute Gasteiger partial charge is 0.309 e. The number of aromatic nitrogens is 1. The molecule has 1 aliphatic heterocycles. The van der Waals surface area contributed by atoms with E-state index in [-0.39, 0.29) is 11.9 Å². The van der Waals surface area contributed by atoms with Crippen LogP contribution in [0.2, 0.25) is 0 Å². The second-order valence-corrected chi connectivity index (χ2v) is 7.64. The molecule has 1 fully saturated rings. The van der Waals surface area contributed by atoms with Gasteiger partial charge in [-0.05, 0) is 69.8 Å². The quantitative estimate of drug-likeness (QED) is 0.805. The van der Waals surface area contributed by atoms with Gasteiger partial charge in [-0.3, -0.25) is 14.7 Å². The Kier molecular flexibility index (Phi) is 4.86. The summed E-state index contributed by atoms with van der Waals surface area (Å²) in [6.45, 7) is 8.59.